The Hall–Kier alpha value is -6.62. The predicted molar refractivity (Wildman–Crippen MR) is 219 cm³/mol. The van der Waals surface area contributed by atoms with Gasteiger partial charge in [-0.3, -0.25) is 0 Å². The molecule has 4 heteroatoms. The van der Waals surface area contributed by atoms with Crippen molar-refractivity contribution in [3.63, 3.8) is 0 Å². The lowest BCUT2D eigenvalue weighted by Gasteiger charge is -2.27. The molecule has 0 atom stereocenters. The second-order valence-electron chi connectivity index (χ2n) is 13.2. The lowest BCUT2D eigenvalue weighted by molar-refractivity contribution is 0.669. The van der Waals surface area contributed by atoms with Crippen LogP contribution in [0.2, 0.25) is 0 Å². The van der Waals surface area contributed by atoms with Crippen LogP contribution >= 0.6 is 11.3 Å². The molecule has 0 amide bonds. The van der Waals surface area contributed by atoms with E-state index >= 15 is 0 Å². The molecule has 52 heavy (non-hydrogen) atoms. The first-order chi connectivity index (χ1) is 25.8. The SMILES string of the molecule is c1ccc(-c2ccc3c(c2)oc2c(-c4ccccc4)ccc(N(c4ccc5c(c4)oc4ccccc45)c4cccc5sc6ccccc6c45)c23)cc1. The fourth-order valence-electron chi connectivity index (χ4n) is 7.91. The Labute approximate surface area is 303 Å². The van der Waals surface area contributed by atoms with Gasteiger partial charge in [0, 0.05) is 53.6 Å². The number of fused-ring (bicyclic) bond motifs is 9. The van der Waals surface area contributed by atoms with Crippen molar-refractivity contribution in [1.29, 1.82) is 0 Å². The molecule has 3 heterocycles. The molecule has 0 fully saturated rings. The predicted octanol–water partition coefficient (Wildman–Crippen LogP) is 14.7. The largest absolute Gasteiger partial charge is 0.456 e. The van der Waals surface area contributed by atoms with E-state index in [2.05, 4.69) is 169 Å². The Morgan fingerprint density at radius 1 is 0.385 bits per heavy atom. The summed E-state index contributed by atoms with van der Waals surface area (Å²) in [5.41, 5.74) is 11.1. The van der Waals surface area contributed by atoms with Gasteiger partial charge in [0.15, 0.2) is 0 Å². The monoisotopic (exact) mass is 683 g/mol. The topological polar surface area (TPSA) is 29.5 Å². The molecule has 3 aromatic heterocycles. The summed E-state index contributed by atoms with van der Waals surface area (Å²) in [6, 6.07) is 62.4. The van der Waals surface area contributed by atoms with Crippen molar-refractivity contribution >= 4 is 92.4 Å². The van der Waals surface area contributed by atoms with Gasteiger partial charge in [0.05, 0.1) is 16.8 Å². The number of rotatable bonds is 5. The number of benzene rings is 8. The van der Waals surface area contributed by atoms with Crippen LogP contribution < -0.4 is 4.90 Å². The van der Waals surface area contributed by atoms with Gasteiger partial charge in [-0.25, -0.2) is 0 Å². The van der Waals surface area contributed by atoms with Crippen LogP contribution in [0, 0.1) is 0 Å². The van der Waals surface area contributed by atoms with E-state index < -0.39 is 0 Å². The number of hydrogen-bond acceptors (Lipinski definition) is 4. The molecule has 244 valence electrons. The van der Waals surface area contributed by atoms with E-state index in [4.69, 9.17) is 8.83 Å². The molecule has 11 rings (SSSR count). The van der Waals surface area contributed by atoms with Crippen molar-refractivity contribution in [1.82, 2.24) is 0 Å². The number of furan rings is 2. The summed E-state index contributed by atoms with van der Waals surface area (Å²) < 4.78 is 16.0. The van der Waals surface area contributed by atoms with Crippen molar-refractivity contribution < 1.29 is 8.83 Å². The first kappa shape index (κ1) is 29.1. The average Bonchev–Trinajstić information content (AvgIpc) is 3.90. The van der Waals surface area contributed by atoms with E-state index in [1.54, 1.807) is 0 Å². The molecule has 0 N–H and O–H groups in total. The van der Waals surface area contributed by atoms with E-state index in [-0.39, 0.29) is 0 Å². The first-order valence-corrected chi connectivity index (χ1v) is 18.3. The molecule has 0 aliphatic carbocycles. The van der Waals surface area contributed by atoms with E-state index in [1.165, 1.54) is 20.2 Å². The summed E-state index contributed by atoms with van der Waals surface area (Å²) in [6.07, 6.45) is 0. The zero-order valence-electron chi connectivity index (χ0n) is 27.9. The van der Waals surface area contributed by atoms with E-state index in [0.717, 1.165) is 83.2 Å². The highest BCUT2D eigenvalue weighted by Gasteiger charge is 2.25. The van der Waals surface area contributed by atoms with Crippen molar-refractivity contribution in [2.24, 2.45) is 0 Å². The van der Waals surface area contributed by atoms with Crippen LogP contribution in [0.15, 0.2) is 185 Å². The molecule has 0 spiro atoms. The van der Waals surface area contributed by atoms with Crippen molar-refractivity contribution in [2.75, 3.05) is 4.90 Å². The number of anilines is 3. The van der Waals surface area contributed by atoms with Gasteiger partial charge < -0.3 is 13.7 Å². The Morgan fingerprint density at radius 3 is 1.92 bits per heavy atom. The second kappa shape index (κ2) is 11.5. The van der Waals surface area contributed by atoms with Crippen LogP contribution in [0.5, 0.6) is 0 Å². The lowest BCUT2D eigenvalue weighted by atomic mass is 9.98. The quantitative estimate of drug-likeness (QED) is 0.181. The molecule has 3 nitrogen and oxygen atoms in total. The van der Waals surface area contributed by atoms with E-state index in [0.29, 0.717) is 0 Å². The van der Waals surface area contributed by atoms with Crippen molar-refractivity contribution in [3.05, 3.63) is 176 Å². The maximum absolute atomic E-state index is 6.97. The normalized spacial score (nSPS) is 11.8. The van der Waals surface area contributed by atoms with Crippen LogP contribution in [-0.2, 0) is 0 Å². The fourth-order valence-corrected chi connectivity index (χ4v) is 9.03. The Kier molecular flexibility index (Phi) is 6.42. The molecule has 0 saturated heterocycles. The highest BCUT2D eigenvalue weighted by Crippen LogP contribution is 2.50. The third kappa shape index (κ3) is 4.45. The summed E-state index contributed by atoms with van der Waals surface area (Å²) in [4.78, 5) is 2.41. The zero-order chi connectivity index (χ0) is 34.2. The van der Waals surface area contributed by atoms with Crippen LogP contribution in [0.25, 0.3) is 86.3 Å². The molecule has 11 aromatic rings. The minimum absolute atomic E-state index is 0.854. The molecule has 8 aromatic carbocycles. The zero-order valence-corrected chi connectivity index (χ0v) is 28.7. The molecule has 0 saturated carbocycles. The van der Waals surface area contributed by atoms with Crippen LogP contribution in [0.3, 0.4) is 0 Å². The minimum atomic E-state index is 0.854. The lowest BCUT2D eigenvalue weighted by Crippen LogP contribution is -2.11. The molecular weight excluding hydrogens is 655 g/mol. The molecule has 0 unspecified atom stereocenters. The van der Waals surface area contributed by atoms with Gasteiger partial charge in [0.1, 0.15) is 22.3 Å². The van der Waals surface area contributed by atoms with E-state index in [1.807, 2.05) is 23.5 Å². The minimum Gasteiger partial charge on any atom is -0.456 e. The highest BCUT2D eigenvalue weighted by atomic mass is 32.1. The third-order valence-electron chi connectivity index (χ3n) is 10.3. The maximum atomic E-state index is 6.97. The third-order valence-corrected chi connectivity index (χ3v) is 11.4. The standard InChI is InChI=1S/C48H29NO2S/c1-3-12-30(13-4-1)32-22-24-37-42(28-32)51-48-34(31-14-5-2-6-15-31)26-27-40(47(37)48)49(33-23-25-36-35-16-7-9-19-41(35)50-43(36)29-33)39-18-11-21-45-46(39)38-17-8-10-20-44(38)52-45/h1-29H. The first-order valence-electron chi connectivity index (χ1n) is 17.5. The average molecular weight is 684 g/mol. The van der Waals surface area contributed by atoms with Gasteiger partial charge in [0.25, 0.3) is 0 Å². The molecule has 0 radical (unpaired) electrons. The van der Waals surface area contributed by atoms with Crippen molar-refractivity contribution in [3.8, 4) is 22.3 Å². The van der Waals surface area contributed by atoms with Gasteiger partial charge in [0.2, 0.25) is 0 Å². The molecule has 0 aliphatic heterocycles. The highest BCUT2D eigenvalue weighted by molar-refractivity contribution is 7.26. The van der Waals surface area contributed by atoms with Gasteiger partial charge in [-0.15, -0.1) is 11.3 Å². The molecular formula is C48H29NO2S. The smallest absolute Gasteiger partial charge is 0.145 e. The summed E-state index contributed by atoms with van der Waals surface area (Å²) >= 11 is 1.83. The maximum Gasteiger partial charge on any atom is 0.145 e. The summed E-state index contributed by atoms with van der Waals surface area (Å²) in [6.45, 7) is 0. The summed E-state index contributed by atoms with van der Waals surface area (Å²) in [5, 5.41) is 6.83. The summed E-state index contributed by atoms with van der Waals surface area (Å²) in [7, 11) is 0. The fraction of sp³-hybridized carbons (Fsp3) is 0. The van der Waals surface area contributed by atoms with Crippen LogP contribution in [-0.4, -0.2) is 0 Å². The second-order valence-corrected chi connectivity index (χ2v) is 14.3. The van der Waals surface area contributed by atoms with Crippen LogP contribution in [0.4, 0.5) is 17.1 Å². The number of hydrogen-bond donors (Lipinski definition) is 0. The number of thiophene rings is 1. The Morgan fingerprint density at radius 2 is 1.06 bits per heavy atom. The molecule has 0 aliphatic rings. The summed E-state index contributed by atoms with van der Waals surface area (Å²) in [5.74, 6) is 0. The number of para-hydroxylation sites is 1. The van der Waals surface area contributed by atoms with Gasteiger partial charge >= 0.3 is 0 Å². The van der Waals surface area contributed by atoms with Crippen LogP contribution in [0.1, 0.15) is 0 Å². The van der Waals surface area contributed by atoms with E-state index in [9.17, 15) is 0 Å². The Balaban J connectivity index is 1.25. The molecule has 0 bridgehead atoms. The van der Waals surface area contributed by atoms with Gasteiger partial charge in [-0.1, -0.05) is 109 Å². The van der Waals surface area contributed by atoms with Crippen molar-refractivity contribution in [2.45, 2.75) is 0 Å². The Bertz CT molecular complexity index is 3130. The van der Waals surface area contributed by atoms with Gasteiger partial charge in [-0.05, 0) is 77.4 Å². The van der Waals surface area contributed by atoms with Gasteiger partial charge in [-0.2, -0.15) is 0 Å². The number of nitrogens with zero attached hydrogens (tertiary/aromatic N) is 1.